The first-order valence-electron chi connectivity index (χ1n) is 19.2. The Morgan fingerprint density at radius 2 is 0.845 bits per heavy atom. The average Bonchev–Trinajstić information content (AvgIpc) is 3.68. The Labute approximate surface area is 335 Å². The number of nitrogens with zero attached hydrogens (tertiary/aromatic N) is 1. The first kappa shape index (κ1) is 36.9. The molecular formula is C48H45NO9. The van der Waals surface area contributed by atoms with Gasteiger partial charge in [0.05, 0.1) is 22.5 Å². The minimum absolute atomic E-state index is 0.141. The SMILES string of the molecule is CC1(C)CC2(CC(C)(C)c3c(N(c4cccc5c4-c4ccccc4C5(C)C)c4c(O)c(O)c(-c5c(O)c(O)c(O)c(O)c5O)c(O)c4O)cccc32)c2ccccc21. The molecule has 6 aromatic carbocycles. The molecule has 3 aliphatic carbocycles. The Morgan fingerprint density at radius 1 is 0.397 bits per heavy atom. The fourth-order valence-electron chi connectivity index (χ4n) is 11.0. The quantitative estimate of drug-likeness (QED) is 0.0616. The van der Waals surface area contributed by atoms with E-state index >= 15 is 0 Å². The van der Waals surface area contributed by atoms with Gasteiger partial charge in [-0.2, -0.15) is 0 Å². The summed E-state index contributed by atoms with van der Waals surface area (Å²) in [6.45, 7) is 13.1. The standard InChI is InChI=1S/C48H45NO9/c1-45(2)21-48(26-16-10-9-15-25(26)45)22-46(3,4)34-28(48)18-12-20-30(34)49(29-19-11-17-27-31(29)23-13-7-8-14-24(23)47(27,5)6)35-40(54)36(50)32(37(51)41(35)55)33-38(52)42(56)44(58)43(57)39(33)53/h7-20,50-58H,21-22H2,1-6H3. The summed E-state index contributed by atoms with van der Waals surface area (Å²) in [5, 5.41) is 101. The van der Waals surface area contributed by atoms with E-state index in [1.165, 1.54) is 11.1 Å². The molecule has 0 bridgehead atoms. The lowest BCUT2D eigenvalue weighted by Crippen LogP contribution is -2.26. The van der Waals surface area contributed by atoms with Gasteiger partial charge in [-0.1, -0.05) is 114 Å². The lowest BCUT2D eigenvalue weighted by Gasteiger charge is -2.34. The number of rotatable bonds is 4. The van der Waals surface area contributed by atoms with Gasteiger partial charge in [-0.3, -0.25) is 0 Å². The van der Waals surface area contributed by atoms with Gasteiger partial charge >= 0.3 is 0 Å². The fraction of sp³-hybridized carbons (Fsp3) is 0.250. The number of phenolic OH excluding ortho intramolecular Hbond substituents is 9. The van der Waals surface area contributed by atoms with Crippen molar-refractivity contribution in [3.8, 4) is 74.0 Å². The zero-order valence-corrected chi connectivity index (χ0v) is 33.0. The highest BCUT2D eigenvalue weighted by molar-refractivity contribution is 6.02. The first-order chi connectivity index (χ1) is 27.3. The topological polar surface area (TPSA) is 185 Å². The molecule has 0 radical (unpaired) electrons. The lowest BCUT2D eigenvalue weighted by atomic mass is 9.72. The van der Waals surface area contributed by atoms with Crippen LogP contribution in [0.25, 0.3) is 22.3 Å². The van der Waals surface area contributed by atoms with Crippen molar-refractivity contribution in [3.05, 3.63) is 118 Å². The Morgan fingerprint density at radius 3 is 1.45 bits per heavy atom. The van der Waals surface area contributed by atoms with E-state index in [0.717, 1.165) is 46.2 Å². The smallest absolute Gasteiger partial charge is 0.208 e. The van der Waals surface area contributed by atoms with E-state index in [4.69, 9.17) is 0 Å². The third-order valence-corrected chi connectivity index (χ3v) is 13.2. The molecule has 9 N–H and O–H groups in total. The van der Waals surface area contributed by atoms with Crippen molar-refractivity contribution in [2.24, 2.45) is 0 Å². The summed E-state index contributed by atoms with van der Waals surface area (Å²) in [4.78, 5) is 1.65. The molecule has 0 amide bonds. The second-order valence-electron chi connectivity index (χ2n) is 17.9. The van der Waals surface area contributed by atoms with Crippen molar-refractivity contribution in [2.45, 2.75) is 76.0 Å². The van der Waals surface area contributed by atoms with Gasteiger partial charge in [-0.15, -0.1) is 0 Å². The van der Waals surface area contributed by atoms with Crippen LogP contribution in [0.4, 0.5) is 17.1 Å². The maximum atomic E-state index is 12.2. The van der Waals surface area contributed by atoms with Crippen LogP contribution >= 0.6 is 0 Å². The summed E-state index contributed by atoms with van der Waals surface area (Å²) >= 11 is 0. The first-order valence-corrected chi connectivity index (χ1v) is 19.2. The van der Waals surface area contributed by atoms with Crippen LogP contribution in [-0.4, -0.2) is 46.0 Å². The van der Waals surface area contributed by atoms with E-state index in [1.807, 2.05) is 48.5 Å². The van der Waals surface area contributed by atoms with E-state index < -0.39 is 79.4 Å². The monoisotopic (exact) mass is 779 g/mol. The van der Waals surface area contributed by atoms with Crippen LogP contribution in [0.3, 0.4) is 0 Å². The normalized spacial score (nSPS) is 18.8. The second-order valence-corrected chi connectivity index (χ2v) is 17.9. The van der Waals surface area contributed by atoms with Crippen LogP contribution in [0.15, 0.2) is 84.9 Å². The number of benzene rings is 6. The maximum Gasteiger partial charge on any atom is 0.208 e. The minimum atomic E-state index is -1.28. The number of hydrogen-bond donors (Lipinski definition) is 9. The highest BCUT2D eigenvalue weighted by atomic mass is 16.4. The molecule has 6 aromatic rings. The van der Waals surface area contributed by atoms with Crippen LogP contribution in [0.1, 0.15) is 87.8 Å². The minimum Gasteiger partial charge on any atom is -0.504 e. The van der Waals surface area contributed by atoms with E-state index in [9.17, 15) is 46.0 Å². The van der Waals surface area contributed by atoms with Gasteiger partial charge in [0.15, 0.2) is 34.5 Å². The van der Waals surface area contributed by atoms with Crippen LogP contribution in [0.2, 0.25) is 0 Å². The summed E-state index contributed by atoms with van der Waals surface area (Å²) in [5.74, 6) is -10.4. The van der Waals surface area contributed by atoms with Crippen molar-refractivity contribution in [3.63, 3.8) is 0 Å². The third kappa shape index (κ3) is 4.54. The summed E-state index contributed by atoms with van der Waals surface area (Å²) in [6, 6.07) is 28.3. The molecule has 10 nitrogen and oxygen atoms in total. The molecule has 58 heavy (non-hydrogen) atoms. The maximum absolute atomic E-state index is 12.2. The summed E-state index contributed by atoms with van der Waals surface area (Å²) < 4.78 is 0. The van der Waals surface area contributed by atoms with Crippen LogP contribution in [0.5, 0.6) is 51.7 Å². The highest BCUT2D eigenvalue weighted by Crippen LogP contribution is 2.68. The molecule has 1 spiro atoms. The zero-order chi connectivity index (χ0) is 41.6. The molecule has 0 aromatic heterocycles. The van der Waals surface area contributed by atoms with Crippen molar-refractivity contribution in [2.75, 3.05) is 4.90 Å². The molecule has 10 heteroatoms. The number of anilines is 3. The van der Waals surface area contributed by atoms with Crippen molar-refractivity contribution < 1.29 is 46.0 Å². The van der Waals surface area contributed by atoms with Gasteiger partial charge in [-0.25, -0.2) is 0 Å². The predicted molar refractivity (Wildman–Crippen MR) is 222 cm³/mol. The van der Waals surface area contributed by atoms with Gasteiger partial charge in [0.2, 0.25) is 17.2 Å². The van der Waals surface area contributed by atoms with Crippen molar-refractivity contribution in [1.82, 2.24) is 0 Å². The third-order valence-electron chi connectivity index (χ3n) is 13.2. The molecule has 3 aliphatic rings. The van der Waals surface area contributed by atoms with Gasteiger partial charge in [-0.05, 0) is 74.7 Å². The molecule has 0 saturated carbocycles. The Hall–Kier alpha value is -6.68. The largest absolute Gasteiger partial charge is 0.504 e. The second kappa shape index (κ2) is 11.7. The Kier molecular flexibility index (Phi) is 7.44. The molecule has 0 saturated heterocycles. The number of fused-ring (bicyclic) bond motifs is 7. The van der Waals surface area contributed by atoms with Crippen LogP contribution in [0, 0.1) is 0 Å². The van der Waals surface area contributed by atoms with Crippen LogP contribution in [-0.2, 0) is 21.7 Å². The van der Waals surface area contributed by atoms with E-state index in [2.05, 4.69) is 77.9 Å². The molecule has 0 fully saturated rings. The summed E-state index contributed by atoms with van der Waals surface area (Å²) in [5.41, 5.74) is 5.66. The number of aromatic hydroxyl groups is 9. The molecule has 9 rings (SSSR count). The molecule has 0 aliphatic heterocycles. The predicted octanol–water partition coefficient (Wildman–Crippen LogP) is 10.1. The van der Waals surface area contributed by atoms with Crippen LogP contribution < -0.4 is 4.90 Å². The van der Waals surface area contributed by atoms with Crippen molar-refractivity contribution >= 4 is 17.1 Å². The van der Waals surface area contributed by atoms with E-state index in [0.29, 0.717) is 11.4 Å². The highest BCUT2D eigenvalue weighted by Gasteiger charge is 2.57. The van der Waals surface area contributed by atoms with E-state index in [-0.39, 0.29) is 10.8 Å². The molecule has 296 valence electrons. The summed E-state index contributed by atoms with van der Waals surface area (Å²) in [6.07, 6.45) is 1.59. The zero-order valence-electron chi connectivity index (χ0n) is 33.0. The average molecular weight is 780 g/mol. The van der Waals surface area contributed by atoms with Gasteiger partial charge in [0, 0.05) is 16.4 Å². The number of hydrogen-bond acceptors (Lipinski definition) is 10. The van der Waals surface area contributed by atoms with Crippen molar-refractivity contribution in [1.29, 1.82) is 0 Å². The van der Waals surface area contributed by atoms with Gasteiger partial charge < -0.3 is 50.9 Å². The lowest BCUT2D eigenvalue weighted by molar-refractivity contribution is 0.329. The Bertz CT molecular complexity index is 2730. The molecular weight excluding hydrogens is 735 g/mol. The van der Waals surface area contributed by atoms with E-state index in [1.54, 1.807) is 4.90 Å². The fourth-order valence-corrected chi connectivity index (χ4v) is 11.0. The molecule has 1 unspecified atom stereocenters. The molecule has 0 heterocycles. The van der Waals surface area contributed by atoms with Gasteiger partial charge in [0.1, 0.15) is 5.69 Å². The van der Waals surface area contributed by atoms with Gasteiger partial charge in [0.25, 0.3) is 0 Å². The number of phenols is 9. The Balaban J connectivity index is 1.40. The molecule has 1 atom stereocenters. The summed E-state index contributed by atoms with van der Waals surface area (Å²) in [7, 11) is 0.